The summed E-state index contributed by atoms with van der Waals surface area (Å²) in [4.78, 5) is 30.3. The van der Waals surface area contributed by atoms with Crippen LogP contribution in [0.1, 0.15) is 83.1 Å². The normalized spacial score (nSPS) is 16.3. The molecule has 586 valence electrons. The molecule has 0 aliphatic carbocycles. The van der Waals surface area contributed by atoms with Crippen LogP contribution in [0.5, 0.6) is 0 Å². The van der Waals surface area contributed by atoms with Gasteiger partial charge in [-0.2, -0.15) is 0 Å². The highest BCUT2D eigenvalue weighted by atomic mass is 32.1. The monoisotopic (exact) mass is 1590 g/mol. The molecule has 6 aromatic heterocycles. The Bertz CT molecular complexity index is 6910. The Morgan fingerprint density at radius 2 is 0.583 bits per heavy atom. The van der Waals surface area contributed by atoms with Crippen molar-refractivity contribution in [2.75, 3.05) is 0 Å². The molecule has 120 heavy (non-hydrogen) atoms. The van der Waals surface area contributed by atoms with E-state index in [9.17, 15) is 0 Å². The molecule has 0 bridgehead atoms. The molecule has 19 aromatic rings. The molecule has 18 heteroatoms. The Kier molecular flexibility index (Phi) is 18.6. The predicted molar refractivity (Wildman–Crippen MR) is 493 cm³/mol. The Labute approximate surface area is 701 Å². The van der Waals surface area contributed by atoms with E-state index in [0.717, 1.165) is 139 Å². The van der Waals surface area contributed by atoms with Crippen molar-refractivity contribution in [1.82, 2.24) is 34.5 Å². The van der Waals surface area contributed by atoms with E-state index >= 15 is 0 Å². The summed E-state index contributed by atoms with van der Waals surface area (Å²) in [5.74, 6) is 2.09. The molecule has 0 saturated carbocycles. The largest absolute Gasteiger partial charge is 0.494 e. The highest BCUT2D eigenvalue weighted by molar-refractivity contribution is 7.25. The number of hydrogen-bond donors (Lipinski definition) is 0. The van der Waals surface area contributed by atoms with Crippen LogP contribution < -0.4 is 16.4 Å². The zero-order valence-corrected chi connectivity index (χ0v) is 69.8. The van der Waals surface area contributed by atoms with E-state index in [-0.39, 0.29) is 40.7 Å². The Morgan fingerprint density at radius 1 is 0.250 bits per heavy atom. The van der Waals surface area contributed by atoms with E-state index in [4.69, 9.17) is 62.2 Å². The molecule has 3 aliphatic rings. The first kappa shape index (κ1) is 76.3. The Hall–Kier alpha value is -12.3. The minimum atomic E-state index is -0.406. The lowest BCUT2D eigenvalue weighted by Gasteiger charge is -2.32. The third-order valence-corrected chi connectivity index (χ3v) is 26.3. The van der Waals surface area contributed by atoms with E-state index in [1.807, 2.05) is 78.1 Å². The molecule has 0 atom stereocenters. The van der Waals surface area contributed by atoms with Crippen LogP contribution in [-0.4, -0.2) is 89.4 Å². The van der Waals surface area contributed by atoms with Crippen LogP contribution in [0.25, 0.3) is 170 Å². The molecule has 0 amide bonds. The van der Waals surface area contributed by atoms with Crippen molar-refractivity contribution < 1.29 is 32.3 Å². The number of fused-ring (bicyclic) bond motifs is 12. The first-order chi connectivity index (χ1) is 57.9. The summed E-state index contributed by atoms with van der Waals surface area (Å²) >= 11 is 1.81. The number of benzene rings is 13. The number of aromatic nitrogens is 7. The fraction of sp³-hybridized carbons (Fsp3) is 0.176. The highest BCUT2D eigenvalue weighted by Gasteiger charge is 2.54. The molecule has 0 spiro atoms. The van der Waals surface area contributed by atoms with Gasteiger partial charge in [0, 0.05) is 96.9 Å². The highest BCUT2D eigenvalue weighted by Crippen LogP contribution is 2.44. The minimum absolute atomic E-state index is 0.371. The molecule has 3 aliphatic heterocycles. The van der Waals surface area contributed by atoms with Gasteiger partial charge < -0.3 is 36.9 Å². The quantitative estimate of drug-likeness (QED) is 0.120. The smallest absolute Gasteiger partial charge is 0.456 e. The summed E-state index contributed by atoms with van der Waals surface area (Å²) in [5, 5.41) is 10.2. The topological polar surface area (TPSA) is 151 Å². The van der Waals surface area contributed by atoms with Gasteiger partial charge in [-0.25, -0.2) is 29.9 Å². The third kappa shape index (κ3) is 13.6. The zero-order chi connectivity index (χ0) is 82.2. The van der Waals surface area contributed by atoms with Crippen LogP contribution in [-0.2, 0) is 27.9 Å². The molecule has 13 aromatic carbocycles. The number of nitrogens with zero attached hydrogens (tertiary/aromatic N) is 7. The number of para-hydroxylation sites is 6. The van der Waals surface area contributed by atoms with Crippen molar-refractivity contribution in [3.8, 4) is 73.6 Å². The van der Waals surface area contributed by atoms with Gasteiger partial charge in [0.25, 0.3) is 0 Å². The van der Waals surface area contributed by atoms with Gasteiger partial charge in [-0.15, -0.1) is 11.3 Å². The predicted octanol–water partition coefficient (Wildman–Crippen LogP) is 23.2. The van der Waals surface area contributed by atoms with E-state index < -0.39 is 14.2 Å². The average molecular weight is 1590 g/mol. The summed E-state index contributed by atoms with van der Waals surface area (Å²) < 4.78 is 48.6. The second-order valence-electron chi connectivity index (χ2n) is 34.4. The molecule has 3 saturated heterocycles. The molecule has 14 nitrogen and oxygen atoms in total. The van der Waals surface area contributed by atoms with Crippen molar-refractivity contribution >= 4 is 146 Å². The molecular formula is C102H86B3N7O7S. The Morgan fingerprint density at radius 3 is 1.05 bits per heavy atom. The molecule has 3 fully saturated rings. The fourth-order valence-electron chi connectivity index (χ4n) is 16.3. The lowest BCUT2D eigenvalue weighted by molar-refractivity contribution is 0.00578. The average Bonchev–Trinajstić information content (AvgIpc) is 1.59. The number of rotatable bonds is 10. The van der Waals surface area contributed by atoms with Crippen molar-refractivity contribution in [3.05, 3.63) is 303 Å². The number of hydrogen-bond acceptors (Lipinski definition) is 14. The standard InChI is InChI=1S/C38H32BN3O2.C32H27BN2O3.C32H27BN2O2S/c1-37(2)38(3,4)44-39(43-37)27-21-18-25(19-22-27)35-30-15-8-10-16-32(30)40-36(41-35)26-20-23-34-31(24-26)29-14-9-11-17-33(29)42(34)28-12-6-5-7-13-28;1-31(2)32(3,4)38-33(37-31)22-16-13-20(14-17-22)29-25-10-5-7-11-26(25)34-30(35-29)21-15-18-24-23-9-6-8-12-27(23)36-28(24)19-21;1-31(2)32(3,4)37-33(36-31)22-16-13-20(14-17-22)29-25-10-5-7-11-26(25)34-30(35-29)21-15-18-24-23-9-6-8-12-27(23)38-28(24)19-21/h5-24H,1-4H3;2*5-19H,1-4H3. The minimum Gasteiger partial charge on any atom is -0.456 e. The molecule has 22 rings (SSSR count). The summed E-state index contributed by atoms with van der Waals surface area (Å²) in [6.07, 6.45) is 0. The van der Waals surface area contributed by atoms with E-state index in [2.05, 4.69) is 324 Å². The molecule has 9 heterocycles. The summed E-state index contributed by atoms with van der Waals surface area (Å²) in [7, 11) is -1.20. The number of furan rings is 1. The van der Waals surface area contributed by atoms with Crippen LogP contribution in [0.2, 0.25) is 0 Å². The van der Waals surface area contributed by atoms with Gasteiger partial charge in [0.15, 0.2) is 17.5 Å². The van der Waals surface area contributed by atoms with Gasteiger partial charge in [-0.1, -0.05) is 218 Å². The van der Waals surface area contributed by atoms with Crippen molar-refractivity contribution in [2.45, 2.75) is 117 Å². The second kappa shape index (κ2) is 29.3. The summed E-state index contributed by atoms with van der Waals surface area (Å²) in [5.41, 5.74) is 17.3. The maximum absolute atomic E-state index is 6.29. The van der Waals surface area contributed by atoms with Gasteiger partial charge in [0.05, 0.1) is 78.3 Å². The van der Waals surface area contributed by atoms with Crippen molar-refractivity contribution in [2.24, 2.45) is 0 Å². The third-order valence-electron chi connectivity index (χ3n) is 25.2. The van der Waals surface area contributed by atoms with Gasteiger partial charge >= 0.3 is 21.4 Å². The zero-order valence-electron chi connectivity index (χ0n) is 69.0. The van der Waals surface area contributed by atoms with Crippen LogP contribution in [0.15, 0.2) is 308 Å². The SMILES string of the molecule is CC1(C)OB(c2ccc(-c3nc(-c4ccc5c(c4)c4ccccc4n5-c4ccccc4)nc4ccccc34)cc2)OC1(C)C.CC1(C)OB(c2ccc(-c3nc(-c4ccc5c(c4)oc4ccccc45)nc4ccccc34)cc2)OC1(C)C.CC1(C)OB(c2ccc(-c3nc(-c4ccc5c(c4)sc4ccccc45)nc4ccccc34)cc2)OC1(C)C. The lowest BCUT2D eigenvalue weighted by atomic mass is 9.78. The molecule has 0 N–H and O–H groups in total. The van der Waals surface area contributed by atoms with Crippen LogP contribution in [0.3, 0.4) is 0 Å². The van der Waals surface area contributed by atoms with E-state index in [0.29, 0.717) is 11.6 Å². The number of thiophene rings is 1. The van der Waals surface area contributed by atoms with Gasteiger partial charge in [-0.3, -0.25) is 0 Å². The first-order valence-corrected chi connectivity index (χ1v) is 41.8. The van der Waals surface area contributed by atoms with Gasteiger partial charge in [0.2, 0.25) is 0 Å². The fourth-order valence-corrected chi connectivity index (χ4v) is 17.5. The van der Waals surface area contributed by atoms with Crippen LogP contribution in [0.4, 0.5) is 0 Å². The van der Waals surface area contributed by atoms with Crippen LogP contribution >= 0.6 is 11.3 Å². The van der Waals surface area contributed by atoms with E-state index in [1.165, 1.54) is 36.5 Å². The second-order valence-corrected chi connectivity index (χ2v) is 35.5. The first-order valence-electron chi connectivity index (χ1n) is 41.0. The van der Waals surface area contributed by atoms with E-state index in [1.54, 1.807) is 0 Å². The maximum Gasteiger partial charge on any atom is 0.494 e. The summed E-state index contributed by atoms with van der Waals surface area (Å²) in [6, 6.07) is 105. The maximum atomic E-state index is 6.29. The van der Waals surface area contributed by atoms with Gasteiger partial charge in [0.1, 0.15) is 11.2 Å². The lowest BCUT2D eigenvalue weighted by Crippen LogP contribution is -2.41. The van der Waals surface area contributed by atoms with Crippen LogP contribution in [0, 0.1) is 0 Å². The van der Waals surface area contributed by atoms with Crippen molar-refractivity contribution in [3.63, 3.8) is 0 Å². The van der Waals surface area contributed by atoms with Crippen molar-refractivity contribution in [1.29, 1.82) is 0 Å². The Balaban J connectivity index is 0.000000115. The molecule has 0 unspecified atom stereocenters. The van der Waals surface area contributed by atoms with Gasteiger partial charge in [-0.05, 0) is 184 Å². The molecule has 0 radical (unpaired) electrons. The summed E-state index contributed by atoms with van der Waals surface area (Å²) in [6.45, 7) is 24.9. The molecular weight excluding hydrogens is 1500 g/mol.